The molecule has 182 valence electrons. The van der Waals surface area contributed by atoms with Crippen LogP contribution in [0.5, 0.6) is 0 Å². The van der Waals surface area contributed by atoms with E-state index in [0.717, 1.165) is 42.5 Å². The third kappa shape index (κ3) is 5.33. The SMILES string of the molecule is COCCN(C)c1nc(C2CN(Cc3ccncn3)CCN(c3ncccn3)C2)nc2nc[nH]c12. The van der Waals surface area contributed by atoms with Crippen LogP contribution in [0.4, 0.5) is 11.8 Å². The van der Waals surface area contributed by atoms with Crippen LogP contribution in [0.25, 0.3) is 11.2 Å². The molecule has 4 aromatic rings. The first-order valence-electron chi connectivity index (χ1n) is 11.6. The predicted molar refractivity (Wildman–Crippen MR) is 131 cm³/mol. The van der Waals surface area contributed by atoms with E-state index in [1.807, 2.05) is 19.2 Å². The maximum atomic E-state index is 5.28. The van der Waals surface area contributed by atoms with Gasteiger partial charge >= 0.3 is 0 Å². The minimum absolute atomic E-state index is 0.0128. The lowest BCUT2D eigenvalue weighted by Gasteiger charge is -2.25. The van der Waals surface area contributed by atoms with Gasteiger partial charge in [-0.25, -0.2) is 34.9 Å². The molecular weight excluding hydrogens is 446 g/mol. The molecule has 1 atom stereocenters. The van der Waals surface area contributed by atoms with Crippen LogP contribution in [-0.2, 0) is 11.3 Å². The summed E-state index contributed by atoms with van der Waals surface area (Å²) in [7, 11) is 3.70. The minimum Gasteiger partial charge on any atom is -0.383 e. The fraction of sp³-hybridized carbons (Fsp3) is 0.435. The van der Waals surface area contributed by atoms with Gasteiger partial charge in [0.25, 0.3) is 0 Å². The van der Waals surface area contributed by atoms with Crippen molar-refractivity contribution in [2.24, 2.45) is 0 Å². The predicted octanol–water partition coefficient (Wildman–Crippen LogP) is 1.12. The van der Waals surface area contributed by atoms with Crippen LogP contribution in [0.2, 0.25) is 0 Å². The van der Waals surface area contributed by atoms with Gasteiger partial charge in [-0.05, 0) is 12.1 Å². The summed E-state index contributed by atoms with van der Waals surface area (Å²) >= 11 is 0. The second kappa shape index (κ2) is 10.7. The molecule has 1 aliphatic heterocycles. The number of likely N-dealkylation sites (N-methyl/N-ethyl adjacent to an activating group) is 1. The van der Waals surface area contributed by atoms with E-state index in [9.17, 15) is 0 Å². The Kier molecular flexibility index (Phi) is 7.00. The van der Waals surface area contributed by atoms with Gasteiger partial charge in [0.15, 0.2) is 11.5 Å². The Hall–Kier alpha value is -3.77. The Morgan fingerprint density at radius 1 is 1.09 bits per heavy atom. The number of hydrogen-bond acceptors (Lipinski definition) is 11. The standard InChI is InChI=1S/C23H29N11O/c1-32(10-11-35-2)22-19-21(29-16-28-19)30-20(31-22)17-12-33(14-18-4-7-24-15-27-18)8-9-34(13-17)23-25-5-3-6-26-23/h3-7,15-17H,8-14H2,1-2H3,(H,28,29,30,31). The van der Waals surface area contributed by atoms with Gasteiger partial charge in [-0.1, -0.05) is 0 Å². The Morgan fingerprint density at radius 2 is 1.97 bits per heavy atom. The number of ether oxygens (including phenoxy) is 1. The number of aromatic amines is 1. The second-order valence-corrected chi connectivity index (χ2v) is 8.55. The van der Waals surface area contributed by atoms with Crippen LogP contribution in [0.3, 0.4) is 0 Å². The van der Waals surface area contributed by atoms with E-state index in [2.05, 4.69) is 44.6 Å². The number of aromatic nitrogens is 8. The summed E-state index contributed by atoms with van der Waals surface area (Å²) in [6.07, 6.45) is 8.57. The molecule has 1 N–H and O–H groups in total. The van der Waals surface area contributed by atoms with Crippen LogP contribution in [0.15, 0.2) is 43.4 Å². The van der Waals surface area contributed by atoms with Gasteiger partial charge in [0.05, 0.1) is 18.6 Å². The normalized spacial score (nSPS) is 17.0. The van der Waals surface area contributed by atoms with E-state index in [1.54, 1.807) is 38.4 Å². The quantitative estimate of drug-likeness (QED) is 0.394. The van der Waals surface area contributed by atoms with Crippen molar-refractivity contribution in [1.82, 2.24) is 44.8 Å². The van der Waals surface area contributed by atoms with Crippen molar-refractivity contribution in [3.63, 3.8) is 0 Å². The maximum absolute atomic E-state index is 5.28. The molecule has 0 saturated carbocycles. The molecule has 0 aromatic carbocycles. The van der Waals surface area contributed by atoms with Crippen molar-refractivity contribution in [2.45, 2.75) is 12.5 Å². The molecule has 5 heterocycles. The monoisotopic (exact) mass is 475 g/mol. The van der Waals surface area contributed by atoms with E-state index in [-0.39, 0.29) is 5.92 Å². The fourth-order valence-electron chi connectivity index (χ4n) is 4.29. The summed E-state index contributed by atoms with van der Waals surface area (Å²) in [5.41, 5.74) is 2.46. The maximum Gasteiger partial charge on any atom is 0.225 e. The first-order valence-corrected chi connectivity index (χ1v) is 11.6. The zero-order valence-corrected chi connectivity index (χ0v) is 19.9. The van der Waals surface area contributed by atoms with Gasteiger partial charge < -0.3 is 19.5 Å². The highest BCUT2D eigenvalue weighted by Crippen LogP contribution is 2.27. The molecule has 35 heavy (non-hydrogen) atoms. The minimum atomic E-state index is 0.0128. The van der Waals surface area contributed by atoms with Crippen molar-refractivity contribution < 1.29 is 4.74 Å². The molecule has 4 aromatic heterocycles. The van der Waals surface area contributed by atoms with Crippen molar-refractivity contribution in [3.8, 4) is 0 Å². The van der Waals surface area contributed by atoms with Crippen molar-refractivity contribution >= 4 is 22.9 Å². The molecule has 5 rings (SSSR count). The number of methoxy groups -OCH3 is 1. The van der Waals surface area contributed by atoms with Crippen LogP contribution >= 0.6 is 0 Å². The zero-order valence-electron chi connectivity index (χ0n) is 19.9. The summed E-state index contributed by atoms with van der Waals surface area (Å²) < 4.78 is 5.28. The Balaban J connectivity index is 1.49. The largest absolute Gasteiger partial charge is 0.383 e. The Bertz CT molecular complexity index is 1220. The molecular formula is C23H29N11O. The van der Waals surface area contributed by atoms with Gasteiger partial charge in [0.1, 0.15) is 17.7 Å². The lowest BCUT2D eigenvalue weighted by Crippen LogP contribution is -2.31. The molecule has 0 bridgehead atoms. The summed E-state index contributed by atoms with van der Waals surface area (Å²) in [6.45, 7) is 5.11. The number of fused-ring (bicyclic) bond motifs is 1. The van der Waals surface area contributed by atoms with Gasteiger partial charge in [-0.3, -0.25) is 4.90 Å². The molecule has 1 saturated heterocycles. The number of rotatable bonds is 8. The average molecular weight is 476 g/mol. The second-order valence-electron chi connectivity index (χ2n) is 8.55. The summed E-state index contributed by atoms with van der Waals surface area (Å²) in [5, 5.41) is 0. The summed E-state index contributed by atoms with van der Waals surface area (Å²) in [5.74, 6) is 2.28. The van der Waals surface area contributed by atoms with Crippen LogP contribution < -0.4 is 9.80 Å². The first-order chi connectivity index (χ1) is 17.2. The van der Waals surface area contributed by atoms with E-state index in [1.165, 1.54) is 0 Å². The lowest BCUT2D eigenvalue weighted by atomic mass is 10.1. The topological polar surface area (TPSA) is 125 Å². The van der Waals surface area contributed by atoms with E-state index < -0.39 is 0 Å². The highest BCUT2D eigenvalue weighted by atomic mass is 16.5. The van der Waals surface area contributed by atoms with E-state index >= 15 is 0 Å². The van der Waals surface area contributed by atoms with Gasteiger partial charge in [0, 0.05) is 77.9 Å². The molecule has 1 fully saturated rings. The van der Waals surface area contributed by atoms with Crippen LogP contribution in [0.1, 0.15) is 17.4 Å². The molecule has 0 spiro atoms. The number of H-pyrrole nitrogens is 1. The van der Waals surface area contributed by atoms with Gasteiger partial charge in [-0.15, -0.1) is 0 Å². The van der Waals surface area contributed by atoms with E-state index in [0.29, 0.717) is 37.8 Å². The molecule has 1 aliphatic rings. The van der Waals surface area contributed by atoms with Crippen molar-refractivity contribution in [2.75, 3.05) is 63.3 Å². The van der Waals surface area contributed by atoms with Crippen molar-refractivity contribution in [1.29, 1.82) is 0 Å². The lowest BCUT2D eigenvalue weighted by molar-refractivity contribution is 0.206. The van der Waals surface area contributed by atoms with Crippen LogP contribution in [0, 0.1) is 0 Å². The molecule has 0 aliphatic carbocycles. The molecule has 1 unspecified atom stereocenters. The third-order valence-corrected chi connectivity index (χ3v) is 6.11. The van der Waals surface area contributed by atoms with Gasteiger partial charge in [0.2, 0.25) is 5.95 Å². The summed E-state index contributed by atoms with van der Waals surface area (Å²) in [4.78, 5) is 41.7. The number of imidazole rings is 1. The highest BCUT2D eigenvalue weighted by molar-refractivity contribution is 5.83. The third-order valence-electron chi connectivity index (χ3n) is 6.11. The number of nitrogens with zero attached hydrogens (tertiary/aromatic N) is 10. The highest BCUT2D eigenvalue weighted by Gasteiger charge is 2.29. The van der Waals surface area contributed by atoms with Gasteiger partial charge in [-0.2, -0.15) is 0 Å². The number of hydrogen-bond donors (Lipinski definition) is 1. The fourth-order valence-corrected chi connectivity index (χ4v) is 4.29. The summed E-state index contributed by atoms with van der Waals surface area (Å²) in [6, 6.07) is 3.78. The molecule has 12 heteroatoms. The first kappa shape index (κ1) is 23.0. The Labute approximate surface area is 203 Å². The number of anilines is 2. The van der Waals surface area contributed by atoms with Crippen LogP contribution in [-0.4, -0.2) is 98.3 Å². The Morgan fingerprint density at radius 3 is 2.77 bits per heavy atom. The average Bonchev–Trinajstić information content (AvgIpc) is 3.28. The smallest absolute Gasteiger partial charge is 0.225 e. The van der Waals surface area contributed by atoms with Crippen molar-refractivity contribution in [3.05, 3.63) is 54.9 Å². The molecule has 0 radical (unpaired) electrons. The molecule has 12 nitrogen and oxygen atoms in total. The number of nitrogens with one attached hydrogen (secondary N) is 1. The van der Waals surface area contributed by atoms with E-state index in [4.69, 9.17) is 14.7 Å². The molecule has 0 amide bonds. The zero-order chi connectivity index (χ0) is 24.0.